The van der Waals surface area contributed by atoms with Crippen LogP contribution < -0.4 is 15.2 Å². The minimum atomic E-state index is -1.000. The SMILES string of the molecule is CCCC(=O)Oc1ccc(C[C@H](N)C(=O)O[C@@H](C)COC(=O)C(C)CC)cc1OC(=O)CCC. The topological polar surface area (TPSA) is 131 Å². The van der Waals surface area contributed by atoms with E-state index >= 15 is 0 Å². The first kappa shape index (κ1) is 29.1. The number of nitrogens with two attached hydrogens (primary N) is 1. The summed E-state index contributed by atoms with van der Waals surface area (Å²) < 4.78 is 21.1. The minimum absolute atomic E-state index is 0.0585. The van der Waals surface area contributed by atoms with Crippen molar-refractivity contribution in [2.75, 3.05) is 6.61 Å². The van der Waals surface area contributed by atoms with Crippen molar-refractivity contribution in [1.29, 1.82) is 0 Å². The third-order valence-corrected chi connectivity index (χ3v) is 4.91. The Labute approximate surface area is 201 Å². The molecular formula is C25H37NO8. The zero-order valence-electron chi connectivity index (χ0n) is 20.8. The average molecular weight is 480 g/mol. The van der Waals surface area contributed by atoms with E-state index in [9.17, 15) is 19.2 Å². The Morgan fingerprint density at radius 2 is 1.47 bits per heavy atom. The lowest BCUT2D eigenvalue weighted by atomic mass is 10.1. The summed E-state index contributed by atoms with van der Waals surface area (Å²) in [6, 6.07) is 3.66. The van der Waals surface area contributed by atoms with Crippen LogP contribution in [0.3, 0.4) is 0 Å². The molecule has 1 aromatic carbocycles. The zero-order valence-corrected chi connectivity index (χ0v) is 20.8. The molecule has 34 heavy (non-hydrogen) atoms. The highest BCUT2D eigenvalue weighted by molar-refractivity contribution is 5.77. The highest BCUT2D eigenvalue weighted by Gasteiger charge is 2.22. The van der Waals surface area contributed by atoms with Gasteiger partial charge in [-0.3, -0.25) is 19.2 Å². The summed E-state index contributed by atoms with van der Waals surface area (Å²) in [5.74, 6) is -1.92. The van der Waals surface area contributed by atoms with Gasteiger partial charge < -0.3 is 24.7 Å². The molecule has 0 spiro atoms. The number of esters is 4. The number of ether oxygens (including phenoxy) is 4. The molecule has 9 heteroatoms. The van der Waals surface area contributed by atoms with Gasteiger partial charge in [0.25, 0.3) is 0 Å². The minimum Gasteiger partial charge on any atom is -0.462 e. The molecule has 1 rings (SSSR count). The summed E-state index contributed by atoms with van der Waals surface area (Å²) in [7, 11) is 0. The van der Waals surface area contributed by atoms with Crippen molar-refractivity contribution in [2.45, 2.75) is 85.3 Å². The Balaban J connectivity index is 2.81. The summed E-state index contributed by atoms with van der Waals surface area (Å²) >= 11 is 0. The van der Waals surface area contributed by atoms with Gasteiger partial charge in [0, 0.05) is 12.8 Å². The Kier molecular flexibility index (Phi) is 12.9. The van der Waals surface area contributed by atoms with Gasteiger partial charge in [-0.15, -0.1) is 0 Å². The Morgan fingerprint density at radius 3 is 2.03 bits per heavy atom. The van der Waals surface area contributed by atoms with Crippen molar-refractivity contribution >= 4 is 23.9 Å². The summed E-state index contributed by atoms with van der Waals surface area (Å²) in [6.07, 6.45) is 1.75. The predicted molar refractivity (Wildman–Crippen MR) is 125 cm³/mol. The third kappa shape index (κ3) is 10.3. The van der Waals surface area contributed by atoms with E-state index in [2.05, 4.69) is 0 Å². The number of benzene rings is 1. The van der Waals surface area contributed by atoms with Crippen molar-refractivity contribution < 1.29 is 38.1 Å². The van der Waals surface area contributed by atoms with E-state index in [1.54, 1.807) is 19.9 Å². The summed E-state index contributed by atoms with van der Waals surface area (Å²) in [5, 5.41) is 0. The van der Waals surface area contributed by atoms with Crippen LogP contribution in [0.4, 0.5) is 0 Å². The van der Waals surface area contributed by atoms with Crippen LogP contribution in [0.5, 0.6) is 11.5 Å². The van der Waals surface area contributed by atoms with Crippen molar-refractivity contribution in [1.82, 2.24) is 0 Å². The van der Waals surface area contributed by atoms with Gasteiger partial charge in [-0.05, 0) is 50.3 Å². The standard InChI is InChI=1S/C25H37NO8/c1-6-9-22(27)33-20-12-11-18(14-21(20)34-23(28)10-7-2)13-19(26)25(30)32-17(5)15-31-24(29)16(4)8-3/h11-12,14,16-17,19H,6-10,13,15,26H2,1-5H3/t16?,17-,19-/m0/s1. The number of rotatable bonds is 14. The van der Waals surface area contributed by atoms with Crippen LogP contribution in [0.1, 0.15) is 72.3 Å². The largest absolute Gasteiger partial charge is 0.462 e. The highest BCUT2D eigenvalue weighted by Crippen LogP contribution is 2.30. The Morgan fingerprint density at radius 1 is 0.882 bits per heavy atom. The van der Waals surface area contributed by atoms with Gasteiger partial charge in [-0.25, -0.2) is 0 Å². The Bertz CT molecular complexity index is 838. The number of carbonyl (C=O) groups is 4. The quantitative estimate of drug-likeness (QED) is 0.314. The molecule has 0 amide bonds. The van der Waals surface area contributed by atoms with Crippen LogP contribution in [0.2, 0.25) is 0 Å². The molecule has 1 aromatic rings. The number of carbonyl (C=O) groups excluding carboxylic acids is 4. The lowest BCUT2D eigenvalue weighted by molar-refractivity contribution is -0.160. The molecule has 0 aliphatic carbocycles. The van der Waals surface area contributed by atoms with Gasteiger partial charge in [0.15, 0.2) is 11.5 Å². The van der Waals surface area contributed by atoms with E-state index in [1.165, 1.54) is 12.1 Å². The normalized spacial score (nSPS) is 13.4. The molecule has 3 atom stereocenters. The number of hydrogen-bond acceptors (Lipinski definition) is 9. The second kappa shape index (κ2) is 15.1. The maximum atomic E-state index is 12.4. The summed E-state index contributed by atoms with van der Waals surface area (Å²) in [5.41, 5.74) is 6.60. The van der Waals surface area contributed by atoms with E-state index in [0.29, 0.717) is 24.8 Å². The highest BCUT2D eigenvalue weighted by atomic mass is 16.6. The van der Waals surface area contributed by atoms with Crippen molar-refractivity contribution in [2.24, 2.45) is 11.7 Å². The fourth-order valence-electron chi connectivity index (χ4n) is 2.76. The van der Waals surface area contributed by atoms with Crippen molar-refractivity contribution in [3.05, 3.63) is 23.8 Å². The van der Waals surface area contributed by atoms with E-state index < -0.39 is 30.1 Å². The Hall–Kier alpha value is -2.94. The first-order valence-electron chi connectivity index (χ1n) is 11.8. The van der Waals surface area contributed by atoms with Crippen LogP contribution in [-0.2, 0) is 35.1 Å². The van der Waals surface area contributed by atoms with Crippen LogP contribution >= 0.6 is 0 Å². The molecule has 0 radical (unpaired) electrons. The molecule has 0 saturated heterocycles. The van der Waals surface area contributed by atoms with Gasteiger partial charge in [0.05, 0.1) is 5.92 Å². The third-order valence-electron chi connectivity index (χ3n) is 4.91. The fraction of sp³-hybridized carbons (Fsp3) is 0.600. The second-order valence-electron chi connectivity index (χ2n) is 8.23. The monoisotopic (exact) mass is 479 g/mol. The van der Waals surface area contributed by atoms with Crippen LogP contribution in [0.15, 0.2) is 18.2 Å². The van der Waals surface area contributed by atoms with Gasteiger partial charge in [-0.2, -0.15) is 0 Å². The molecule has 0 heterocycles. The lowest BCUT2D eigenvalue weighted by Crippen LogP contribution is -2.37. The summed E-state index contributed by atoms with van der Waals surface area (Å²) in [4.78, 5) is 48.1. The van der Waals surface area contributed by atoms with Crippen molar-refractivity contribution in [3.63, 3.8) is 0 Å². The molecule has 2 N–H and O–H groups in total. The molecule has 0 bridgehead atoms. The van der Waals surface area contributed by atoms with Gasteiger partial charge in [-0.1, -0.05) is 33.8 Å². The predicted octanol–water partition coefficient (Wildman–Crippen LogP) is 3.49. The number of hydrogen-bond donors (Lipinski definition) is 1. The molecule has 9 nitrogen and oxygen atoms in total. The average Bonchev–Trinajstić information content (AvgIpc) is 2.78. The first-order chi connectivity index (χ1) is 16.1. The van der Waals surface area contributed by atoms with Crippen LogP contribution in [0, 0.1) is 5.92 Å². The van der Waals surface area contributed by atoms with Gasteiger partial charge in [0.1, 0.15) is 18.8 Å². The lowest BCUT2D eigenvalue weighted by Gasteiger charge is -2.18. The second-order valence-corrected chi connectivity index (χ2v) is 8.23. The molecule has 0 aromatic heterocycles. The van der Waals surface area contributed by atoms with E-state index in [0.717, 1.165) is 0 Å². The molecule has 1 unspecified atom stereocenters. The molecule has 190 valence electrons. The van der Waals surface area contributed by atoms with E-state index in [-0.39, 0.29) is 49.3 Å². The summed E-state index contributed by atoms with van der Waals surface area (Å²) in [6.45, 7) is 8.89. The maximum absolute atomic E-state index is 12.4. The van der Waals surface area contributed by atoms with Gasteiger partial charge >= 0.3 is 23.9 Å². The zero-order chi connectivity index (χ0) is 25.7. The van der Waals surface area contributed by atoms with Crippen LogP contribution in [0.25, 0.3) is 0 Å². The van der Waals surface area contributed by atoms with Gasteiger partial charge in [0.2, 0.25) is 0 Å². The van der Waals surface area contributed by atoms with Crippen molar-refractivity contribution in [3.8, 4) is 11.5 Å². The molecule has 0 aliphatic heterocycles. The molecule has 0 saturated carbocycles. The molecule has 0 fully saturated rings. The maximum Gasteiger partial charge on any atom is 0.323 e. The smallest absolute Gasteiger partial charge is 0.323 e. The fourth-order valence-corrected chi connectivity index (χ4v) is 2.76. The van der Waals surface area contributed by atoms with E-state index in [4.69, 9.17) is 24.7 Å². The first-order valence-corrected chi connectivity index (χ1v) is 11.8. The molecule has 0 aliphatic rings. The van der Waals surface area contributed by atoms with Crippen LogP contribution in [-0.4, -0.2) is 42.6 Å². The molecular weight excluding hydrogens is 442 g/mol. The van der Waals surface area contributed by atoms with E-state index in [1.807, 2.05) is 20.8 Å².